The summed E-state index contributed by atoms with van der Waals surface area (Å²) in [6, 6.07) is 17.2. The van der Waals surface area contributed by atoms with Crippen molar-refractivity contribution in [1.29, 1.82) is 0 Å². The molecule has 45 heavy (non-hydrogen) atoms. The van der Waals surface area contributed by atoms with Gasteiger partial charge in [0.15, 0.2) is 0 Å². The lowest BCUT2D eigenvalue weighted by Gasteiger charge is -2.35. The lowest BCUT2D eigenvalue weighted by atomic mass is 9.94. The Morgan fingerprint density at radius 1 is 0.933 bits per heavy atom. The van der Waals surface area contributed by atoms with Crippen LogP contribution in [0, 0.1) is 0 Å². The van der Waals surface area contributed by atoms with Crippen molar-refractivity contribution in [3.05, 3.63) is 99.5 Å². The average Bonchev–Trinajstić information content (AvgIpc) is 2.98. The quantitative estimate of drug-likeness (QED) is 0.239. The van der Waals surface area contributed by atoms with E-state index in [9.17, 15) is 31.2 Å². The molecule has 242 valence electrons. The van der Waals surface area contributed by atoms with Crippen LogP contribution in [0.25, 0.3) is 0 Å². The van der Waals surface area contributed by atoms with Crippen molar-refractivity contribution in [2.24, 2.45) is 0 Å². The van der Waals surface area contributed by atoms with Gasteiger partial charge in [-0.15, -0.1) is 0 Å². The van der Waals surface area contributed by atoms with Crippen LogP contribution in [0.15, 0.2) is 72.8 Å². The largest absolute Gasteiger partial charge is 0.417 e. The lowest BCUT2D eigenvalue weighted by Crippen LogP contribution is -2.55. The Bertz CT molecular complexity index is 1600. The number of alkyl halides is 3. The molecule has 7 nitrogen and oxygen atoms in total. The van der Waals surface area contributed by atoms with Crippen molar-refractivity contribution in [3.8, 4) is 0 Å². The van der Waals surface area contributed by atoms with Gasteiger partial charge in [0, 0.05) is 24.0 Å². The van der Waals surface area contributed by atoms with Crippen molar-refractivity contribution in [1.82, 2.24) is 10.2 Å². The van der Waals surface area contributed by atoms with Crippen molar-refractivity contribution >= 4 is 50.7 Å². The van der Waals surface area contributed by atoms with E-state index in [-0.39, 0.29) is 19.0 Å². The summed E-state index contributed by atoms with van der Waals surface area (Å²) in [4.78, 5) is 29.4. The van der Waals surface area contributed by atoms with Gasteiger partial charge >= 0.3 is 6.18 Å². The minimum absolute atomic E-state index is 0.0795. The topological polar surface area (TPSA) is 86.8 Å². The summed E-state index contributed by atoms with van der Waals surface area (Å²) in [5.41, 5.74) is -0.380. The predicted octanol–water partition coefficient (Wildman–Crippen LogP) is 6.87. The highest BCUT2D eigenvalue weighted by atomic mass is 35.5. The number of amides is 2. The van der Waals surface area contributed by atoms with Gasteiger partial charge in [0.25, 0.3) is 0 Å². The highest BCUT2D eigenvalue weighted by Gasteiger charge is 2.37. The molecule has 2 amide bonds. The Balaban J connectivity index is 1.76. The summed E-state index contributed by atoms with van der Waals surface area (Å²) in [6.07, 6.45) is 0.602. The van der Waals surface area contributed by atoms with E-state index in [1.165, 1.54) is 4.90 Å². The summed E-state index contributed by atoms with van der Waals surface area (Å²) in [5.74, 6) is -1.22. The summed E-state index contributed by atoms with van der Waals surface area (Å²) in [7, 11) is -4.28. The highest BCUT2D eigenvalue weighted by molar-refractivity contribution is 7.92. The Hall–Kier alpha value is -3.28. The monoisotopic (exact) mass is 683 g/mol. The van der Waals surface area contributed by atoms with Gasteiger partial charge in [-0.2, -0.15) is 13.2 Å². The normalized spacial score (nSPS) is 14.9. The second kappa shape index (κ2) is 14.9. The van der Waals surface area contributed by atoms with Gasteiger partial charge in [0.2, 0.25) is 21.8 Å². The van der Waals surface area contributed by atoms with Crippen LogP contribution in [-0.4, -0.2) is 50.0 Å². The first-order chi connectivity index (χ1) is 21.2. The van der Waals surface area contributed by atoms with Crippen molar-refractivity contribution < 1.29 is 31.2 Å². The lowest BCUT2D eigenvalue weighted by molar-refractivity contribution is -0.140. The molecule has 0 aromatic heterocycles. The van der Waals surface area contributed by atoms with Gasteiger partial charge in [-0.05, 0) is 48.2 Å². The van der Waals surface area contributed by atoms with Gasteiger partial charge in [0.1, 0.15) is 12.6 Å². The van der Waals surface area contributed by atoms with Crippen molar-refractivity contribution in [2.45, 2.75) is 63.3 Å². The molecule has 13 heteroatoms. The molecule has 0 unspecified atom stereocenters. The number of hydrogen-bond donors (Lipinski definition) is 1. The van der Waals surface area contributed by atoms with Crippen LogP contribution < -0.4 is 9.62 Å². The number of halogens is 5. The number of nitrogens with zero attached hydrogens (tertiary/aromatic N) is 2. The maximum absolute atomic E-state index is 14.2. The molecule has 0 spiro atoms. The molecule has 0 bridgehead atoms. The van der Waals surface area contributed by atoms with Crippen LogP contribution in [-0.2, 0) is 38.8 Å². The van der Waals surface area contributed by atoms with Crippen LogP contribution >= 0.6 is 23.2 Å². The SMILES string of the molecule is CS(=O)(=O)N(CC(=O)N(Cc1ccccc1Cl)[C@H](Cc1ccccc1)C(=O)NC1CCCCC1)c1ccc(Cl)c(C(F)(F)F)c1. The number of carbonyl (C=O) groups excluding carboxylic acids is 2. The van der Waals surface area contributed by atoms with Gasteiger partial charge in [-0.25, -0.2) is 8.42 Å². The van der Waals surface area contributed by atoms with Crippen LogP contribution in [0.5, 0.6) is 0 Å². The standard InChI is InChI=1S/C32H34Cl2F3N3O4S/c1-45(43,44)40(25-16-17-28(34)26(19-25)32(35,36)37)21-30(41)39(20-23-12-8-9-15-27(23)33)29(18-22-10-4-2-5-11-22)31(42)38-24-13-6-3-7-14-24/h2,4-5,8-12,15-17,19,24,29H,3,6-7,13-14,18,20-21H2,1H3,(H,38,42)/t29-/m1/s1. The zero-order valence-electron chi connectivity index (χ0n) is 24.6. The second-order valence-corrected chi connectivity index (χ2v) is 13.8. The molecular weight excluding hydrogens is 650 g/mol. The molecule has 1 N–H and O–H groups in total. The minimum Gasteiger partial charge on any atom is -0.352 e. The highest BCUT2D eigenvalue weighted by Crippen LogP contribution is 2.37. The molecule has 1 aliphatic carbocycles. The van der Waals surface area contributed by atoms with Crippen molar-refractivity contribution in [3.63, 3.8) is 0 Å². The first-order valence-corrected chi connectivity index (χ1v) is 17.1. The number of sulfonamides is 1. The third-order valence-corrected chi connectivity index (χ3v) is 9.58. The first-order valence-electron chi connectivity index (χ1n) is 14.5. The Morgan fingerprint density at radius 2 is 1.58 bits per heavy atom. The van der Waals surface area contributed by atoms with E-state index in [0.29, 0.717) is 21.0 Å². The third-order valence-electron chi connectivity index (χ3n) is 7.74. The van der Waals surface area contributed by atoms with E-state index >= 15 is 0 Å². The number of carbonyl (C=O) groups is 2. The van der Waals surface area contributed by atoms with Gasteiger partial charge < -0.3 is 10.2 Å². The summed E-state index contributed by atoms with van der Waals surface area (Å²) >= 11 is 12.2. The minimum atomic E-state index is -4.87. The maximum Gasteiger partial charge on any atom is 0.417 e. The molecule has 1 fully saturated rings. The molecule has 3 aromatic rings. The average molecular weight is 685 g/mol. The molecule has 3 aromatic carbocycles. The van der Waals surface area contributed by atoms with E-state index in [1.807, 2.05) is 18.2 Å². The number of hydrogen-bond acceptors (Lipinski definition) is 4. The Labute approximate surface area is 271 Å². The smallest absolute Gasteiger partial charge is 0.352 e. The van der Waals surface area contributed by atoms with E-state index in [2.05, 4.69) is 5.32 Å². The molecule has 0 heterocycles. The summed E-state index contributed by atoms with van der Waals surface area (Å²) in [6.45, 7) is -1.02. The van der Waals surface area contributed by atoms with E-state index in [0.717, 1.165) is 56.1 Å². The van der Waals surface area contributed by atoms with Gasteiger partial charge in [0.05, 0.1) is 22.5 Å². The Kier molecular flexibility index (Phi) is 11.4. The van der Waals surface area contributed by atoms with E-state index in [4.69, 9.17) is 23.2 Å². The van der Waals surface area contributed by atoms with Gasteiger partial charge in [-0.3, -0.25) is 13.9 Å². The molecule has 0 saturated heterocycles. The van der Waals surface area contributed by atoms with Crippen LogP contribution in [0.4, 0.5) is 18.9 Å². The summed E-state index contributed by atoms with van der Waals surface area (Å²) < 4.78 is 67.5. The molecule has 1 atom stereocenters. The fraction of sp³-hybridized carbons (Fsp3) is 0.375. The van der Waals surface area contributed by atoms with Crippen molar-refractivity contribution in [2.75, 3.05) is 17.1 Å². The second-order valence-electron chi connectivity index (χ2n) is 11.1. The number of rotatable bonds is 11. The van der Waals surface area contributed by atoms with Crippen LogP contribution in [0.3, 0.4) is 0 Å². The fourth-order valence-electron chi connectivity index (χ4n) is 5.41. The third kappa shape index (κ3) is 9.37. The summed E-state index contributed by atoms with van der Waals surface area (Å²) in [5, 5.41) is 2.79. The fourth-order valence-corrected chi connectivity index (χ4v) is 6.67. The number of nitrogens with one attached hydrogen (secondary N) is 1. The van der Waals surface area contributed by atoms with Crippen LogP contribution in [0.2, 0.25) is 10.0 Å². The molecule has 0 aliphatic heterocycles. The molecule has 1 saturated carbocycles. The molecule has 1 aliphatic rings. The number of anilines is 1. The molecule has 4 rings (SSSR count). The van der Waals surface area contributed by atoms with Gasteiger partial charge in [-0.1, -0.05) is 91.0 Å². The molecule has 0 radical (unpaired) electrons. The zero-order valence-corrected chi connectivity index (χ0v) is 26.9. The van der Waals surface area contributed by atoms with E-state index in [1.54, 1.807) is 36.4 Å². The Morgan fingerprint density at radius 3 is 2.20 bits per heavy atom. The predicted molar refractivity (Wildman–Crippen MR) is 170 cm³/mol. The zero-order chi connectivity index (χ0) is 32.8. The van der Waals surface area contributed by atoms with E-state index < -0.39 is 56.9 Å². The first kappa shape index (κ1) is 34.6. The number of benzene rings is 3. The molecular formula is C32H34Cl2F3N3O4S. The van der Waals surface area contributed by atoms with Crippen LogP contribution in [0.1, 0.15) is 48.8 Å². The maximum atomic E-state index is 14.2.